The number of nitrogens with two attached hydrogens (primary N) is 1. The van der Waals surface area contributed by atoms with Crippen LogP contribution in [0.3, 0.4) is 0 Å². The first-order valence-electron chi connectivity index (χ1n) is 10.8. The normalized spacial score (nSPS) is 11.9. The van der Waals surface area contributed by atoms with E-state index >= 15 is 4.39 Å². The number of nitrogens with zero attached hydrogens (tertiary/aromatic N) is 6. The van der Waals surface area contributed by atoms with Gasteiger partial charge in [0.05, 0.1) is 56.8 Å². The second-order valence-electron chi connectivity index (χ2n) is 7.54. The maximum Gasteiger partial charge on any atom is 0.188 e. The number of nitrogens with one attached hydrogen (secondary N) is 1. The predicted molar refractivity (Wildman–Crippen MR) is 134 cm³/mol. The molecule has 4 N–H and O–H groups in total. The molecule has 3 heterocycles. The van der Waals surface area contributed by atoms with E-state index in [4.69, 9.17) is 15.2 Å². The van der Waals surface area contributed by atoms with Crippen molar-refractivity contribution in [2.24, 2.45) is 10.7 Å². The van der Waals surface area contributed by atoms with Gasteiger partial charge in [0.2, 0.25) is 0 Å². The third kappa shape index (κ3) is 4.93. The lowest BCUT2D eigenvalue weighted by atomic mass is 10.2. The molecule has 3 aromatic heterocycles. The van der Waals surface area contributed by atoms with Crippen LogP contribution in [0.2, 0.25) is 0 Å². The van der Waals surface area contributed by atoms with E-state index in [1.807, 2.05) is 0 Å². The quantitative estimate of drug-likeness (QED) is 0.300. The molecule has 0 aliphatic rings. The standard InChI is InChI=1S/C24H25FN8O3/c1-27-9-14(8-26)18-11-28-17-4-5-22(32-24(17)31-18)33(12-21-29-10-15(13-34)30-21)19-6-16(35-2)7-20(36-3)23(19)25/h4-11,34H,12-13,26H2,1-3H3,(H,29,30). The third-order valence-electron chi connectivity index (χ3n) is 5.31. The van der Waals surface area contributed by atoms with E-state index in [0.29, 0.717) is 45.5 Å². The van der Waals surface area contributed by atoms with Crippen molar-refractivity contribution in [3.8, 4) is 11.5 Å². The minimum atomic E-state index is -0.610. The number of ether oxygens (including phenoxy) is 2. The van der Waals surface area contributed by atoms with Crippen LogP contribution in [0.25, 0.3) is 16.7 Å². The molecule has 12 heteroatoms. The van der Waals surface area contributed by atoms with Crippen LogP contribution in [0.15, 0.2) is 47.9 Å². The highest BCUT2D eigenvalue weighted by Gasteiger charge is 2.22. The van der Waals surface area contributed by atoms with Crippen molar-refractivity contribution in [3.05, 3.63) is 65.9 Å². The van der Waals surface area contributed by atoms with Gasteiger partial charge in [0.25, 0.3) is 0 Å². The third-order valence-corrected chi connectivity index (χ3v) is 5.31. The number of fused-ring (bicyclic) bond motifs is 1. The summed E-state index contributed by atoms with van der Waals surface area (Å²) in [5.41, 5.74) is 8.31. The lowest BCUT2D eigenvalue weighted by Crippen LogP contribution is -2.20. The molecule has 36 heavy (non-hydrogen) atoms. The monoisotopic (exact) mass is 492 g/mol. The number of imidazole rings is 1. The molecule has 0 radical (unpaired) electrons. The van der Waals surface area contributed by atoms with E-state index < -0.39 is 5.82 Å². The van der Waals surface area contributed by atoms with E-state index in [1.54, 1.807) is 36.5 Å². The molecule has 11 nitrogen and oxygen atoms in total. The van der Waals surface area contributed by atoms with Crippen molar-refractivity contribution in [1.82, 2.24) is 24.9 Å². The van der Waals surface area contributed by atoms with Crippen molar-refractivity contribution >= 4 is 34.5 Å². The maximum atomic E-state index is 15.5. The molecule has 0 amide bonds. The minimum Gasteiger partial charge on any atom is -0.497 e. The SMILES string of the molecule is CN=CC(=CN)c1cnc2ccc(N(Cc3ncc(CO)[nH]3)c3cc(OC)cc(OC)c3F)nc2n1. The van der Waals surface area contributed by atoms with E-state index in [9.17, 15) is 5.11 Å². The summed E-state index contributed by atoms with van der Waals surface area (Å²) in [7, 11) is 4.48. The fourth-order valence-corrected chi connectivity index (χ4v) is 3.54. The summed E-state index contributed by atoms with van der Waals surface area (Å²) in [6.45, 7) is -0.117. The Hall–Kier alpha value is -4.58. The number of hydrogen-bond donors (Lipinski definition) is 3. The largest absolute Gasteiger partial charge is 0.497 e. The van der Waals surface area contributed by atoms with Crippen molar-refractivity contribution in [2.45, 2.75) is 13.2 Å². The van der Waals surface area contributed by atoms with Crippen molar-refractivity contribution in [3.63, 3.8) is 0 Å². The number of allylic oxidation sites excluding steroid dienone is 1. The number of hydrogen-bond acceptors (Lipinski definition) is 10. The van der Waals surface area contributed by atoms with Crippen molar-refractivity contribution in [2.75, 3.05) is 26.2 Å². The molecular weight excluding hydrogens is 467 g/mol. The van der Waals surface area contributed by atoms with Crippen LogP contribution >= 0.6 is 0 Å². The first kappa shape index (κ1) is 24.5. The van der Waals surface area contributed by atoms with Crippen LogP contribution in [-0.2, 0) is 13.2 Å². The highest BCUT2D eigenvalue weighted by atomic mass is 19.1. The smallest absolute Gasteiger partial charge is 0.188 e. The van der Waals surface area contributed by atoms with Gasteiger partial charge in [-0.2, -0.15) is 0 Å². The summed E-state index contributed by atoms with van der Waals surface area (Å²) in [4.78, 5) is 26.5. The molecule has 186 valence electrons. The van der Waals surface area contributed by atoms with Gasteiger partial charge in [-0.15, -0.1) is 0 Å². The maximum absolute atomic E-state index is 15.5. The summed E-state index contributed by atoms with van der Waals surface area (Å²) in [5.74, 6) is 0.635. The number of H-pyrrole nitrogens is 1. The summed E-state index contributed by atoms with van der Waals surface area (Å²) in [6, 6.07) is 6.42. The van der Waals surface area contributed by atoms with E-state index in [0.717, 1.165) is 0 Å². The number of aromatic amines is 1. The Bertz CT molecular complexity index is 1440. The van der Waals surface area contributed by atoms with Crippen LogP contribution in [0.1, 0.15) is 17.2 Å². The molecule has 0 atom stereocenters. The van der Waals surface area contributed by atoms with Gasteiger partial charge in [-0.25, -0.2) is 19.3 Å². The van der Waals surface area contributed by atoms with Crippen molar-refractivity contribution < 1.29 is 19.0 Å². The number of benzene rings is 1. The Balaban J connectivity index is 1.87. The first-order valence-corrected chi connectivity index (χ1v) is 10.8. The van der Waals surface area contributed by atoms with Crippen LogP contribution in [0.5, 0.6) is 11.5 Å². The van der Waals surface area contributed by atoms with Gasteiger partial charge >= 0.3 is 0 Å². The summed E-state index contributed by atoms with van der Waals surface area (Å²) >= 11 is 0. The van der Waals surface area contributed by atoms with E-state index in [2.05, 4.69) is 29.9 Å². The van der Waals surface area contributed by atoms with Crippen LogP contribution in [0, 0.1) is 5.82 Å². The van der Waals surface area contributed by atoms with Gasteiger partial charge in [-0.1, -0.05) is 0 Å². The molecule has 0 saturated carbocycles. The predicted octanol–water partition coefficient (Wildman–Crippen LogP) is 2.74. The highest BCUT2D eigenvalue weighted by molar-refractivity contribution is 6.09. The summed E-state index contributed by atoms with van der Waals surface area (Å²) in [5, 5.41) is 9.42. The number of aliphatic hydroxyl groups is 1. The number of aliphatic hydroxyl groups excluding tert-OH is 1. The van der Waals surface area contributed by atoms with Gasteiger partial charge in [-0.05, 0) is 12.1 Å². The summed E-state index contributed by atoms with van der Waals surface area (Å²) < 4.78 is 26.1. The average Bonchev–Trinajstić information content (AvgIpc) is 3.38. The Kier molecular flexibility index (Phi) is 7.35. The highest BCUT2D eigenvalue weighted by Crippen LogP contribution is 2.37. The van der Waals surface area contributed by atoms with Gasteiger partial charge in [0.1, 0.15) is 22.9 Å². The molecule has 0 bridgehead atoms. The van der Waals surface area contributed by atoms with Crippen molar-refractivity contribution in [1.29, 1.82) is 0 Å². The zero-order valence-electron chi connectivity index (χ0n) is 19.9. The molecule has 0 aliphatic heterocycles. The molecule has 0 aliphatic carbocycles. The molecule has 0 saturated heterocycles. The first-order chi connectivity index (χ1) is 17.5. The Morgan fingerprint density at radius 3 is 2.69 bits per heavy atom. The zero-order valence-corrected chi connectivity index (χ0v) is 19.9. The molecule has 0 spiro atoms. The molecule has 0 fully saturated rings. The second-order valence-corrected chi connectivity index (χ2v) is 7.54. The lowest BCUT2D eigenvalue weighted by molar-refractivity contribution is 0.277. The van der Waals surface area contributed by atoms with Crippen LogP contribution in [-0.4, -0.2) is 57.5 Å². The Morgan fingerprint density at radius 2 is 2.03 bits per heavy atom. The van der Waals surface area contributed by atoms with E-state index in [-0.39, 0.29) is 24.6 Å². The number of pyridine rings is 1. The van der Waals surface area contributed by atoms with Crippen LogP contribution < -0.4 is 20.1 Å². The Labute approximate surface area is 206 Å². The molecule has 4 rings (SSSR count). The number of aliphatic imine (C=N–C) groups is 1. The van der Waals surface area contributed by atoms with Crippen LogP contribution in [0.4, 0.5) is 15.9 Å². The molecule has 1 aromatic carbocycles. The average molecular weight is 493 g/mol. The number of anilines is 2. The second kappa shape index (κ2) is 10.8. The zero-order chi connectivity index (χ0) is 25.7. The fourth-order valence-electron chi connectivity index (χ4n) is 3.54. The topological polar surface area (TPSA) is 148 Å². The number of aromatic nitrogens is 5. The van der Waals surface area contributed by atoms with Gasteiger partial charge in [-0.3, -0.25) is 9.98 Å². The van der Waals surface area contributed by atoms with Gasteiger partial charge in [0.15, 0.2) is 17.2 Å². The Morgan fingerprint density at radius 1 is 1.19 bits per heavy atom. The lowest BCUT2D eigenvalue weighted by Gasteiger charge is -2.25. The molecular formula is C24H25FN8O3. The molecule has 0 unspecified atom stereocenters. The number of methoxy groups -OCH3 is 2. The summed E-state index contributed by atoms with van der Waals surface area (Å²) in [6.07, 6.45) is 6.04. The fraction of sp³-hybridized carbons (Fsp3) is 0.208. The minimum absolute atomic E-state index is 0.00397. The van der Waals surface area contributed by atoms with E-state index in [1.165, 1.54) is 38.7 Å². The van der Waals surface area contributed by atoms with Gasteiger partial charge in [0, 0.05) is 37.2 Å². The number of halogens is 1. The molecule has 4 aromatic rings. The van der Waals surface area contributed by atoms with Gasteiger partial charge < -0.3 is 30.2 Å². The number of rotatable bonds is 9.